The van der Waals surface area contributed by atoms with Gasteiger partial charge in [0, 0.05) is 12.6 Å². The molecule has 0 spiro atoms. The molecule has 3 N–H and O–H groups in total. The maximum Gasteiger partial charge on any atom is 0.253 e. The van der Waals surface area contributed by atoms with Gasteiger partial charge in [0.05, 0.1) is 18.4 Å². The lowest BCUT2D eigenvalue weighted by Crippen LogP contribution is -2.40. The Morgan fingerprint density at radius 1 is 1.45 bits per heavy atom. The molecule has 1 aliphatic rings. The number of anilines is 1. The number of hydrogen-bond donors (Lipinski definition) is 2. The van der Waals surface area contributed by atoms with Gasteiger partial charge in [-0.2, -0.15) is 0 Å². The third kappa shape index (κ3) is 3.22. The summed E-state index contributed by atoms with van der Waals surface area (Å²) in [6.45, 7) is 5.02. The van der Waals surface area contributed by atoms with Crippen molar-refractivity contribution in [2.75, 3.05) is 32.5 Å². The van der Waals surface area contributed by atoms with Crippen molar-refractivity contribution in [1.82, 2.24) is 10.2 Å². The maximum absolute atomic E-state index is 12.2. The maximum atomic E-state index is 12.2. The minimum atomic E-state index is -0.146. The van der Waals surface area contributed by atoms with E-state index in [2.05, 4.69) is 17.1 Å². The first-order chi connectivity index (χ1) is 9.63. The van der Waals surface area contributed by atoms with Gasteiger partial charge in [-0.1, -0.05) is 6.07 Å². The lowest BCUT2D eigenvalue weighted by Gasteiger charge is -2.24. The molecule has 0 saturated carbocycles. The van der Waals surface area contributed by atoms with Crippen molar-refractivity contribution in [2.24, 2.45) is 0 Å². The molecular formula is C15H23N3O2. The summed E-state index contributed by atoms with van der Waals surface area (Å²) < 4.78 is 5.13. The lowest BCUT2D eigenvalue weighted by atomic mass is 10.1. The first kappa shape index (κ1) is 14.7. The van der Waals surface area contributed by atoms with E-state index in [9.17, 15) is 4.79 Å². The number of nitrogens with one attached hydrogen (secondary N) is 1. The van der Waals surface area contributed by atoms with Crippen LogP contribution < -0.4 is 15.8 Å². The third-order valence-electron chi connectivity index (χ3n) is 3.85. The first-order valence-corrected chi connectivity index (χ1v) is 7.08. The molecule has 1 atom stereocenters. The number of carbonyl (C=O) groups excluding carboxylic acids is 1. The molecule has 0 aliphatic carbocycles. The first-order valence-electron chi connectivity index (χ1n) is 7.08. The molecule has 1 aromatic carbocycles. The molecule has 1 saturated heterocycles. The quantitative estimate of drug-likeness (QED) is 0.800. The number of likely N-dealkylation sites (tertiary alicyclic amines) is 1. The van der Waals surface area contributed by atoms with Crippen molar-refractivity contribution in [3.05, 3.63) is 23.8 Å². The molecule has 1 heterocycles. The number of benzene rings is 1. The number of nitrogen functional groups attached to an aromatic ring is 1. The Kier molecular flexibility index (Phi) is 4.84. The monoisotopic (exact) mass is 277 g/mol. The van der Waals surface area contributed by atoms with Crippen LogP contribution in [0.15, 0.2) is 18.2 Å². The smallest absolute Gasteiger partial charge is 0.253 e. The highest BCUT2D eigenvalue weighted by Gasteiger charge is 2.19. The molecule has 110 valence electrons. The van der Waals surface area contributed by atoms with Crippen LogP contribution in [0.1, 0.15) is 30.1 Å². The zero-order valence-electron chi connectivity index (χ0n) is 12.2. The van der Waals surface area contributed by atoms with Crippen molar-refractivity contribution < 1.29 is 9.53 Å². The molecule has 1 aromatic rings. The summed E-state index contributed by atoms with van der Waals surface area (Å²) in [5.41, 5.74) is 6.79. The fourth-order valence-corrected chi connectivity index (χ4v) is 2.57. The van der Waals surface area contributed by atoms with Gasteiger partial charge in [0.2, 0.25) is 0 Å². The Bertz CT molecular complexity index is 470. The van der Waals surface area contributed by atoms with Gasteiger partial charge < -0.3 is 15.8 Å². The van der Waals surface area contributed by atoms with E-state index in [0.29, 0.717) is 29.6 Å². The van der Waals surface area contributed by atoms with Crippen LogP contribution in [-0.4, -0.2) is 43.6 Å². The van der Waals surface area contributed by atoms with Crippen molar-refractivity contribution in [3.8, 4) is 5.75 Å². The Balaban J connectivity index is 1.94. The predicted octanol–water partition coefficient (Wildman–Crippen LogP) is 1.49. The van der Waals surface area contributed by atoms with Gasteiger partial charge in [0.1, 0.15) is 5.75 Å². The molecule has 1 unspecified atom stereocenters. The zero-order valence-corrected chi connectivity index (χ0v) is 12.2. The SMILES string of the molecule is COc1cccc(C(=O)NCC(C)N2CCCC2)c1N. The number of nitrogens with two attached hydrogens (primary N) is 1. The highest BCUT2D eigenvalue weighted by atomic mass is 16.5. The second-order valence-corrected chi connectivity index (χ2v) is 5.22. The van der Waals surface area contributed by atoms with Crippen LogP contribution in [0.5, 0.6) is 5.75 Å². The van der Waals surface area contributed by atoms with E-state index in [0.717, 1.165) is 13.1 Å². The molecule has 1 aliphatic heterocycles. The predicted molar refractivity (Wildman–Crippen MR) is 80.0 cm³/mol. The van der Waals surface area contributed by atoms with Gasteiger partial charge in [-0.3, -0.25) is 9.69 Å². The number of methoxy groups -OCH3 is 1. The van der Waals surface area contributed by atoms with Crippen LogP contribution in [0.3, 0.4) is 0 Å². The van der Waals surface area contributed by atoms with Gasteiger partial charge in [0.25, 0.3) is 5.91 Å². The number of para-hydroxylation sites is 1. The molecule has 0 aromatic heterocycles. The number of ether oxygens (including phenoxy) is 1. The van der Waals surface area contributed by atoms with E-state index in [1.807, 2.05) is 0 Å². The van der Waals surface area contributed by atoms with Gasteiger partial charge >= 0.3 is 0 Å². The van der Waals surface area contributed by atoms with E-state index >= 15 is 0 Å². The van der Waals surface area contributed by atoms with E-state index < -0.39 is 0 Å². The van der Waals surface area contributed by atoms with Crippen LogP contribution in [0.4, 0.5) is 5.69 Å². The average molecular weight is 277 g/mol. The van der Waals surface area contributed by atoms with Crippen molar-refractivity contribution in [1.29, 1.82) is 0 Å². The topological polar surface area (TPSA) is 67.6 Å². The molecule has 0 radical (unpaired) electrons. The summed E-state index contributed by atoms with van der Waals surface area (Å²) >= 11 is 0. The van der Waals surface area contributed by atoms with Crippen molar-refractivity contribution in [2.45, 2.75) is 25.8 Å². The average Bonchev–Trinajstić information content (AvgIpc) is 2.99. The molecule has 20 heavy (non-hydrogen) atoms. The second kappa shape index (κ2) is 6.61. The summed E-state index contributed by atoms with van der Waals surface area (Å²) in [5.74, 6) is 0.387. The van der Waals surface area contributed by atoms with Crippen LogP contribution >= 0.6 is 0 Å². The fraction of sp³-hybridized carbons (Fsp3) is 0.533. The second-order valence-electron chi connectivity index (χ2n) is 5.22. The summed E-state index contributed by atoms with van der Waals surface area (Å²) in [5, 5.41) is 2.95. The minimum absolute atomic E-state index is 0.146. The van der Waals surface area contributed by atoms with Gasteiger partial charge in [-0.15, -0.1) is 0 Å². The van der Waals surface area contributed by atoms with Gasteiger partial charge in [-0.25, -0.2) is 0 Å². The van der Waals surface area contributed by atoms with E-state index in [1.54, 1.807) is 25.3 Å². The van der Waals surface area contributed by atoms with Crippen LogP contribution in [0.25, 0.3) is 0 Å². The highest BCUT2D eigenvalue weighted by molar-refractivity contribution is 6.00. The summed E-state index contributed by atoms with van der Waals surface area (Å²) in [6, 6.07) is 5.59. The minimum Gasteiger partial charge on any atom is -0.495 e. The zero-order chi connectivity index (χ0) is 14.5. The van der Waals surface area contributed by atoms with E-state index in [-0.39, 0.29) is 5.91 Å². The largest absolute Gasteiger partial charge is 0.495 e. The molecule has 2 rings (SSSR count). The van der Waals surface area contributed by atoms with Crippen LogP contribution in [0, 0.1) is 0 Å². The van der Waals surface area contributed by atoms with Gasteiger partial charge in [-0.05, 0) is 45.0 Å². The number of nitrogens with zero attached hydrogens (tertiary/aromatic N) is 1. The number of hydrogen-bond acceptors (Lipinski definition) is 4. The Labute approximate surface area is 120 Å². The highest BCUT2D eigenvalue weighted by Crippen LogP contribution is 2.24. The van der Waals surface area contributed by atoms with Crippen molar-refractivity contribution >= 4 is 11.6 Å². The molecule has 1 amide bonds. The normalized spacial score (nSPS) is 16.9. The van der Waals surface area contributed by atoms with Crippen LogP contribution in [0.2, 0.25) is 0 Å². The summed E-state index contributed by atoms with van der Waals surface area (Å²) in [7, 11) is 1.54. The molecule has 5 nitrogen and oxygen atoms in total. The summed E-state index contributed by atoms with van der Waals surface area (Å²) in [6.07, 6.45) is 2.50. The molecular weight excluding hydrogens is 254 g/mol. The number of carbonyl (C=O) groups is 1. The van der Waals surface area contributed by atoms with E-state index in [1.165, 1.54) is 12.8 Å². The lowest BCUT2D eigenvalue weighted by molar-refractivity contribution is 0.0941. The number of amides is 1. The number of rotatable bonds is 5. The van der Waals surface area contributed by atoms with Crippen LogP contribution in [-0.2, 0) is 0 Å². The van der Waals surface area contributed by atoms with Crippen molar-refractivity contribution in [3.63, 3.8) is 0 Å². The van der Waals surface area contributed by atoms with Gasteiger partial charge in [0.15, 0.2) is 0 Å². The third-order valence-corrected chi connectivity index (χ3v) is 3.85. The Morgan fingerprint density at radius 2 is 2.15 bits per heavy atom. The summed E-state index contributed by atoms with van der Waals surface area (Å²) in [4.78, 5) is 14.6. The molecule has 1 fully saturated rings. The molecule has 5 heteroatoms. The Morgan fingerprint density at radius 3 is 2.80 bits per heavy atom. The Hall–Kier alpha value is -1.75. The molecule has 0 bridgehead atoms. The van der Waals surface area contributed by atoms with E-state index in [4.69, 9.17) is 10.5 Å². The standard InChI is InChI=1S/C15H23N3O2/c1-11(18-8-3-4-9-18)10-17-15(19)12-6-5-7-13(20-2)14(12)16/h5-7,11H,3-4,8-10,16H2,1-2H3,(H,17,19). The fourth-order valence-electron chi connectivity index (χ4n) is 2.57.